The van der Waals surface area contributed by atoms with Crippen molar-refractivity contribution in [3.05, 3.63) is 63.9 Å². The molecule has 0 bridgehead atoms. The molecule has 0 amide bonds. The highest BCUT2D eigenvalue weighted by molar-refractivity contribution is 6.33. The fourth-order valence-electron chi connectivity index (χ4n) is 3.34. The Kier molecular flexibility index (Phi) is 5.49. The summed E-state index contributed by atoms with van der Waals surface area (Å²) in [5, 5.41) is 41.0. The number of fused-ring (bicyclic) bond motifs is 1. The SMILES string of the molecule is O=c1c2ccccc2nc(-c2ccccc2Cl)n1NC[C@]1(O)OC[C@@H](O)[C@@H](O)[C@H]1O. The molecule has 158 valence electrons. The van der Waals surface area contributed by atoms with Crippen LogP contribution >= 0.6 is 11.6 Å². The van der Waals surface area contributed by atoms with Crippen LogP contribution in [0.1, 0.15) is 0 Å². The number of aromatic nitrogens is 2. The van der Waals surface area contributed by atoms with Gasteiger partial charge in [0.15, 0.2) is 5.82 Å². The van der Waals surface area contributed by atoms with Gasteiger partial charge in [-0.2, -0.15) is 0 Å². The summed E-state index contributed by atoms with van der Waals surface area (Å²) in [6.07, 6.45) is -4.76. The van der Waals surface area contributed by atoms with E-state index in [0.29, 0.717) is 21.5 Å². The van der Waals surface area contributed by atoms with Crippen LogP contribution in [-0.4, -0.2) is 67.3 Å². The van der Waals surface area contributed by atoms with Crippen molar-refractivity contribution >= 4 is 22.5 Å². The standard InChI is InChI=1S/C20H20ClN3O6/c21-13-7-3-1-5-11(13)18-23-14-8-4-2-6-12(14)19(28)24(18)22-10-20(29)17(27)16(26)15(25)9-30-20/h1-8,15-17,22,25-27,29H,9-10H2/t15-,16-,17-,20+/m1/s1. The summed E-state index contributed by atoms with van der Waals surface area (Å²) in [6.45, 7) is -0.867. The van der Waals surface area contributed by atoms with Crippen molar-refractivity contribution in [2.24, 2.45) is 0 Å². The van der Waals surface area contributed by atoms with Gasteiger partial charge in [0.25, 0.3) is 5.56 Å². The maximum Gasteiger partial charge on any atom is 0.280 e. The number of aliphatic hydroxyl groups excluding tert-OH is 3. The van der Waals surface area contributed by atoms with E-state index in [1.165, 1.54) is 0 Å². The summed E-state index contributed by atoms with van der Waals surface area (Å²) in [5.41, 5.74) is 3.21. The maximum atomic E-state index is 13.2. The fraction of sp³-hybridized carbons (Fsp3) is 0.300. The molecule has 0 radical (unpaired) electrons. The highest BCUT2D eigenvalue weighted by Gasteiger charge is 2.48. The van der Waals surface area contributed by atoms with Crippen molar-refractivity contribution in [1.82, 2.24) is 9.66 Å². The quantitative estimate of drug-likeness (QED) is 0.389. The molecular weight excluding hydrogens is 414 g/mol. The molecule has 4 rings (SSSR count). The summed E-state index contributed by atoms with van der Waals surface area (Å²) in [4.78, 5) is 17.7. The first-order valence-electron chi connectivity index (χ1n) is 9.23. The summed E-state index contributed by atoms with van der Waals surface area (Å²) in [7, 11) is 0. The van der Waals surface area contributed by atoms with Gasteiger partial charge in [-0.05, 0) is 24.3 Å². The van der Waals surface area contributed by atoms with Crippen LogP contribution in [0, 0.1) is 0 Å². The van der Waals surface area contributed by atoms with Gasteiger partial charge in [-0.1, -0.05) is 35.9 Å². The van der Waals surface area contributed by atoms with Gasteiger partial charge in [0, 0.05) is 5.56 Å². The van der Waals surface area contributed by atoms with Crippen LogP contribution in [0.4, 0.5) is 0 Å². The number of benzene rings is 2. The third kappa shape index (κ3) is 3.56. The lowest BCUT2D eigenvalue weighted by molar-refractivity contribution is -0.314. The number of rotatable bonds is 4. The molecule has 1 fully saturated rings. The maximum absolute atomic E-state index is 13.2. The van der Waals surface area contributed by atoms with Gasteiger partial charge in [-0.15, -0.1) is 0 Å². The second-order valence-corrected chi connectivity index (χ2v) is 7.47. The third-order valence-corrected chi connectivity index (χ3v) is 5.39. The molecule has 4 atom stereocenters. The molecule has 2 aromatic carbocycles. The van der Waals surface area contributed by atoms with E-state index in [4.69, 9.17) is 16.3 Å². The van der Waals surface area contributed by atoms with Crippen LogP contribution in [0.2, 0.25) is 5.02 Å². The van der Waals surface area contributed by atoms with E-state index in [-0.39, 0.29) is 5.82 Å². The smallest absolute Gasteiger partial charge is 0.280 e. The Balaban J connectivity index is 1.78. The average Bonchev–Trinajstić information content (AvgIpc) is 2.75. The molecule has 0 saturated carbocycles. The van der Waals surface area contributed by atoms with Crippen LogP contribution in [0.3, 0.4) is 0 Å². The van der Waals surface area contributed by atoms with Crippen LogP contribution in [0.5, 0.6) is 0 Å². The largest absolute Gasteiger partial charge is 0.388 e. The van der Waals surface area contributed by atoms with Crippen LogP contribution < -0.4 is 11.0 Å². The second-order valence-electron chi connectivity index (χ2n) is 7.07. The van der Waals surface area contributed by atoms with Gasteiger partial charge >= 0.3 is 0 Å². The highest BCUT2D eigenvalue weighted by atomic mass is 35.5. The molecular formula is C20H20ClN3O6. The van der Waals surface area contributed by atoms with Crippen LogP contribution in [0.15, 0.2) is 53.3 Å². The summed E-state index contributed by atoms with van der Waals surface area (Å²) in [6, 6.07) is 13.6. The monoisotopic (exact) mass is 433 g/mol. The normalized spacial score (nSPS) is 26.6. The number of aliphatic hydroxyl groups is 4. The van der Waals surface area contributed by atoms with Gasteiger partial charge < -0.3 is 30.6 Å². The number of nitrogens with zero attached hydrogens (tertiary/aromatic N) is 2. The number of nitrogens with one attached hydrogen (secondary N) is 1. The van der Waals surface area contributed by atoms with E-state index < -0.39 is 42.8 Å². The van der Waals surface area contributed by atoms with Gasteiger partial charge in [-0.3, -0.25) is 4.79 Å². The number of ether oxygens (including phenoxy) is 1. The van der Waals surface area contributed by atoms with E-state index in [1.54, 1.807) is 48.5 Å². The minimum Gasteiger partial charge on any atom is -0.388 e. The van der Waals surface area contributed by atoms with Crippen molar-refractivity contribution < 1.29 is 25.2 Å². The van der Waals surface area contributed by atoms with Gasteiger partial charge in [0.05, 0.1) is 29.1 Å². The van der Waals surface area contributed by atoms with E-state index in [2.05, 4.69) is 10.4 Å². The molecule has 5 N–H and O–H groups in total. The van der Waals surface area contributed by atoms with E-state index in [1.807, 2.05) is 0 Å². The van der Waals surface area contributed by atoms with Crippen LogP contribution in [0.25, 0.3) is 22.3 Å². The summed E-state index contributed by atoms with van der Waals surface area (Å²) in [5.74, 6) is -2.06. The van der Waals surface area contributed by atoms with Crippen molar-refractivity contribution in [2.45, 2.75) is 24.1 Å². The molecule has 2 heterocycles. The molecule has 0 aliphatic carbocycles. The predicted molar refractivity (Wildman–Crippen MR) is 110 cm³/mol. The first kappa shape index (κ1) is 20.7. The molecule has 9 nitrogen and oxygen atoms in total. The van der Waals surface area contributed by atoms with Crippen molar-refractivity contribution in [3.8, 4) is 11.4 Å². The Hall–Kier alpha value is -2.53. The van der Waals surface area contributed by atoms with Crippen molar-refractivity contribution in [3.63, 3.8) is 0 Å². The minimum absolute atomic E-state index is 0.193. The second kappa shape index (κ2) is 7.95. The van der Waals surface area contributed by atoms with Crippen molar-refractivity contribution in [2.75, 3.05) is 18.6 Å². The molecule has 1 aliphatic heterocycles. The summed E-state index contributed by atoms with van der Waals surface area (Å²) < 4.78 is 6.26. The van der Waals surface area contributed by atoms with Crippen molar-refractivity contribution in [1.29, 1.82) is 0 Å². The lowest BCUT2D eigenvalue weighted by Crippen LogP contribution is -2.64. The molecule has 30 heavy (non-hydrogen) atoms. The molecule has 3 aromatic rings. The van der Waals surface area contributed by atoms with Gasteiger partial charge in [-0.25, -0.2) is 9.66 Å². The Morgan fingerprint density at radius 1 is 1.17 bits per heavy atom. The predicted octanol–water partition coefficient (Wildman–Crippen LogP) is 0.0619. The third-order valence-electron chi connectivity index (χ3n) is 5.06. The highest BCUT2D eigenvalue weighted by Crippen LogP contribution is 2.27. The first-order chi connectivity index (χ1) is 14.3. The van der Waals surface area contributed by atoms with E-state index >= 15 is 0 Å². The lowest BCUT2D eigenvalue weighted by atomic mass is 9.97. The first-order valence-corrected chi connectivity index (χ1v) is 9.61. The fourth-order valence-corrected chi connectivity index (χ4v) is 3.56. The Morgan fingerprint density at radius 2 is 1.87 bits per heavy atom. The zero-order chi connectivity index (χ0) is 21.5. The average molecular weight is 434 g/mol. The zero-order valence-corrected chi connectivity index (χ0v) is 16.4. The molecule has 10 heteroatoms. The minimum atomic E-state index is -2.25. The topological polar surface area (TPSA) is 137 Å². The molecule has 1 saturated heterocycles. The number of halogens is 1. The number of hydrogen-bond donors (Lipinski definition) is 5. The van der Waals surface area contributed by atoms with E-state index in [9.17, 15) is 25.2 Å². The molecule has 1 aliphatic rings. The van der Waals surface area contributed by atoms with E-state index in [0.717, 1.165) is 4.68 Å². The lowest BCUT2D eigenvalue weighted by Gasteiger charge is -2.41. The Labute approximate surface area is 175 Å². The number of hydrogen-bond acceptors (Lipinski definition) is 8. The van der Waals surface area contributed by atoms with Crippen LogP contribution in [-0.2, 0) is 4.74 Å². The Morgan fingerprint density at radius 3 is 2.63 bits per heavy atom. The van der Waals surface area contributed by atoms with Gasteiger partial charge in [0.2, 0.25) is 5.79 Å². The molecule has 0 spiro atoms. The molecule has 1 aromatic heterocycles. The number of para-hydroxylation sites is 1. The zero-order valence-electron chi connectivity index (χ0n) is 15.6. The van der Waals surface area contributed by atoms with Gasteiger partial charge in [0.1, 0.15) is 18.3 Å². The summed E-state index contributed by atoms with van der Waals surface area (Å²) >= 11 is 6.31. The Bertz CT molecular complexity index is 1140. The molecule has 0 unspecified atom stereocenters.